The minimum Gasteiger partial charge on any atom is -0.324 e. The molecular formula is C16H35O3P. The van der Waals surface area contributed by atoms with Crippen LogP contribution in [0.15, 0.2) is 0 Å². The molecule has 0 heterocycles. The fourth-order valence-corrected chi connectivity index (χ4v) is 4.54. The zero-order valence-electron chi connectivity index (χ0n) is 13.8. The third kappa shape index (κ3) is 7.81. The Labute approximate surface area is 125 Å². The van der Waals surface area contributed by atoms with Crippen molar-refractivity contribution in [1.82, 2.24) is 0 Å². The van der Waals surface area contributed by atoms with Gasteiger partial charge in [-0.1, -0.05) is 72.6 Å². The van der Waals surface area contributed by atoms with Crippen LogP contribution in [0.25, 0.3) is 0 Å². The highest BCUT2D eigenvalue weighted by Crippen LogP contribution is 2.50. The van der Waals surface area contributed by atoms with Gasteiger partial charge in [0.25, 0.3) is 0 Å². The first-order valence-electron chi connectivity index (χ1n) is 8.45. The maximum Gasteiger partial charge on any atom is 0.328 e. The molecule has 0 aliphatic rings. The molecule has 0 fully saturated rings. The van der Waals surface area contributed by atoms with Crippen molar-refractivity contribution in [2.75, 3.05) is 0 Å². The Morgan fingerprint density at radius 3 is 1.85 bits per heavy atom. The van der Waals surface area contributed by atoms with Gasteiger partial charge in [0.05, 0.1) is 5.66 Å². The fourth-order valence-electron chi connectivity index (χ4n) is 3.06. The summed E-state index contributed by atoms with van der Waals surface area (Å²) in [5.41, 5.74) is -0.430. The highest BCUT2D eigenvalue weighted by atomic mass is 31.2. The average Bonchev–Trinajstić information content (AvgIpc) is 2.40. The van der Waals surface area contributed by atoms with E-state index in [9.17, 15) is 14.4 Å². The van der Waals surface area contributed by atoms with E-state index in [0.29, 0.717) is 12.3 Å². The Bertz CT molecular complexity index is 275. The average molecular weight is 306 g/mol. The molecule has 0 aliphatic heterocycles. The van der Waals surface area contributed by atoms with Crippen LogP contribution in [-0.2, 0) is 4.57 Å². The third-order valence-corrected chi connectivity index (χ3v) is 6.04. The minimum atomic E-state index is -3.99. The van der Waals surface area contributed by atoms with E-state index in [4.69, 9.17) is 0 Å². The van der Waals surface area contributed by atoms with E-state index in [2.05, 4.69) is 27.7 Å². The van der Waals surface area contributed by atoms with Gasteiger partial charge in [-0.3, -0.25) is 4.57 Å². The monoisotopic (exact) mass is 306 g/mol. The largest absolute Gasteiger partial charge is 0.328 e. The van der Waals surface area contributed by atoms with Crippen LogP contribution in [0, 0.1) is 11.8 Å². The first-order valence-corrected chi connectivity index (χ1v) is 10.1. The summed E-state index contributed by atoms with van der Waals surface area (Å²) >= 11 is 0. The van der Waals surface area contributed by atoms with Gasteiger partial charge in [-0.15, -0.1) is 0 Å². The summed E-state index contributed by atoms with van der Waals surface area (Å²) in [6, 6.07) is 0. The molecule has 0 saturated carbocycles. The molecule has 0 aliphatic carbocycles. The maximum atomic E-state index is 11.9. The second-order valence-electron chi connectivity index (χ2n) is 6.12. The van der Waals surface area contributed by atoms with E-state index in [-0.39, 0.29) is 5.92 Å². The van der Waals surface area contributed by atoms with Gasteiger partial charge in [0.1, 0.15) is 0 Å². The normalized spacial score (nSPS) is 16.9. The van der Waals surface area contributed by atoms with Crippen molar-refractivity contribution >= 4 is 7.60 Å². The summed E-state index contributed by atoms with van der Waals surface area (Å²) in [4.78, 5) is 19.5. The van der Waals surface area contributed by atoms with Crippen molar-refractivity contribution in [2.45, 2.75) is 91.1 Å². The second kappa shape index (κ2) is 10.8. The predicted octanol–water partition coefficient (Wildman–Crippen LogP) is 5.36. The van der Waals surface area contributed by atoms with Crippen LogP contribution in [-0.4, -0.2) is 15.4 Å². The molecule has 3 nitrogen and oxygen atoms in total. The summed E-state index contributed by atoms with van der Waals surface area (Å²) in [5.74, 6) is 0.634. The van der Waals surface area contributed by atoms with Crippen molar-refractivity contribution < 1.29 is 14.4 Å². The number of rotatable bonds is 12. The molecule has 0 radical (unpaired) electrons. The van der Waals surface area contributed by atoms with E-state index in [1.165, 1.54) is 0 Å². The Morgan fingerprint density at radius 1 is 0.900 bits per heavy atom. The molecule has 0 bridgehead atoms. The van der Waals surface area contributed by atoms with E-state index in [1.807, 2.05) is 0 Å². The predicted molar refractivity (Wildman–Crippen MR) is 87.1 cm³/mol. The van der Waals surface area contributed by atoms with E-state index in [0.717, 1.165) is 51.4 Å². The van der Waals surface area contributed by atoms with Crippen molar-refractivity contribution in [2.24, 2.45) is 11.8 Å². The lowest BCUT2D eigenvalue weighted by Gasteiger charge is -2.30. The number of hydrogen-bond donors (Lipinski definition) is 2. The van der Waals surface area contributed by atoms with Gasteiger partial charge in [-0.2, -0.15) is 0 Å². The first-order chi connectivity index (χ1) is 9.40. The van der Waals surface area contributed by atoms with Gasteiger partial charge in [0.2, 0.25) is 0 Å². The van der Waals surface area contributed by atoms with Gasteiger partial charge >= 0.3 is 7.60 Å². The molecule has 0 saturated heterocycles. The lowest BCUT2D eigenvalue weighted by atomic mass is 9.86. The van der Waals surface area contributed by atoms with Gasteiger partial charge in [0.15, 0.2) is 0 Å². The third-order valence-electron chi connectivity index (χ3n) is 4.55. The summed E-state index contributed by atoms with van der Waals surface area (Å²) in [5, 5.41) is 0. The quantitative estimate of drug-likeness (QED) is 0.477. The SMILES string of the molecule is CCCCC(CC)CC(C(CC)CCCC)P(=O)(O)O. The van der Waals surface area contributed by atoms with Gasteiger partial charge in [-0.05, 0) is 24.7 Å². The molecule has 3 unspecified atom stereocenters. The van der Waals surface area contributed by atoms with Gasteiger partial charge in [0, 0.05) is 0 Å². The van der Waals surface area contributed by atoms with Gasteiger partial charge < -0.3 is 9.79 Å². The molecule has 3 atom stereocenters. The van der Waals surface area contributed by atoms with Crippen LogP contribution in [0.2, 0.25) is 0 Å². The number of hydrogen-bond acceptors (Lipinski definition) is 1. The molecule has 122 valence electrons. The fraction of sp³-hybridized carbons (Fsp3) is 1.00. The second-order valence-corrected chi connectivity index (χ2v) is 7.96. The number of unbranched alkanes of at least 4 members (excludes halogenated alkanes) is 2. The molecule has 0 aromatic carbocycles. The highest BCUT2D eigenvalue weighted by molar-refractivity contribution is 7.52. The molecule has 2 N–H and O–H groups in total. The Balaban J connectivity index is 4.80. The Hall–Kier alpha value is 0.150. The Kier molecular flexibility index (Phi) is 10.9. The van der Waals surface area contributed by atoms with Crippen LogP contribution in [0.4, 0.5) is 0 Å². The molecule has 4 heteroatoms. The van der Waals surface area contributed by atoms with Gasteiger partial charge in [-0.25, -0.2) is 0 Å². The standard InChI is InChI=1S/C16H35O3P/c1-5-9-11-14(7-3)13-16(20(17,18)19)15(8-4)12-10-6-2/h14-16H,5-13H2,1-4H3,(H2,17,18,19). The summed E-state index contributed by atoms with van der Waals surface area (Å²) in [6.45, 7) is 8.51. The van der Waals surface area contributed by atoms with E-state index in [1.54, 1.807) is 0 Å². The van der Waals surface area contributed by atoms with Crippen LogP contribution in [0.1, 0.15) is 85.5 Å². The van der Waals surface area contributed by atoms with Crippen LogP contribution >= 0.6 is 7.60 Å². The lowest BCUT2D eigenvalue weighted by molar-refractivity contribution is 0.282. The van der Waals surface area contributed by atoms with Crippen LogP contribution in [0.5, 0.6) is 0 Å². The van der Waals surface area contributed by atoms with Crippen molar-refractivity contribution in [3.8, 4) is 0 Å². The zero-order chi connectivity index (χ0) is 15.6. The molecule has 0 rings (SSSR count). The van der Waals surface area contributed by atoms with Crippen molar-refractivity contribution in [3.63, 3.8) is 0 Å². The summed E-state index contributed by atoms with van der Waals surface area (Å²) in [6.07, 6.45) is 9.14. The zero-order valence-corrected chi connectivity index (χ0v) is 14.7. The first kappa shape index (κ1) is 20.1. The molecule has 0 aromatic heterocycles. The van der Waals surface area contributed by atoms with E-state index < -0.39 is 13.3 Å². The van der Waals surface area contributed by atoms with E-state index >= 15 is 0 Å². The van der Waals surface area contributed by atoms with Crippen molar-refractivity contribution in [1.29, 1.82) is 0 Å². The van der Waals surface area contributed by atoms with Crippen LogP contribution < -0.4 is 0 Å². The molecule has 0 amide bonds. The Morgan fingerprint density at radius 2 is 1.45 bits per heavy atom. The smallest absolute Gasteiger partial charge is 0.324 e. The minimum absolute atomic E-state index is 0.173. The molecule has 0 spiro atoms. The van der Waals surface area contributed by atoms with Crippen molar-refractivity contribution in [3.05, 3.63) is 0 Å². The topological polar surface area (TPSA) is 57.5 Å². The lowest BCUT2D eigenvalue weighted by Crippen LogP contribution is -2.24. The molecule has 20 heavy (non-hydrogen) atoms. The maximum absolute atomic E-state index is 11.9. The summed E-state index contributed by atoms with van der Waals surface area (Å²) in [7, 11) is -3.99. The summed E-state index contributed by atoms with van der Waals surface area (Å²) < 4.78 is 11.9. The van der Waals surface area contributed by atoms with Crippen LogP contribution in [0.3, 0.4) is 0 Å². The molecule has 0 aromatic rings. The molecular weight excluding hydrogens is 271 g/mol. The highest BCUT2D eigenvalue weighted by Gasteiger charge is 2.36.